The van der Waals surface area contributed by atoms with Crippen molar-refractivity contribution in [3.8, 4) is 0 Å². The maximum Gasteiger partial charge on any atom is 0.339 e. The zero-order chi connectivity index (χ0) is 12.4. The number of nitrogens with one attached hydrogen (secondary N) is 1. The minimum absolute atomic E-state index is 0.347. The summed E-state index contributed by atoms with van der Waals surface area (Å²) in [5, 5.41) is 7.70. The minimum Gasteiger partial charge on any atom is -0.462 e. The van der Waals surface area contributed by atoms with Gasteiger partial charge in [0.15, 0.2) is 5.65 Å². The van der Waals surface area contributed by atoms with E-state index in [9.17, 15) is 4.79 Å². The van der Waals surface area contributed by atoms with E-state index in [4.69, 9.17) is 4.74 Å². The number of halogens is 1. The van der Waals surface area contributed by atoms with Gasteiger partial charge in [0, 0.05) is 0 Å². The number of rotatable bonds is 3. The van der Waals surface area contributed by atoms with E-state index in [-0.39, 0.29) is 5.97 Å². The van der Waals surface area contributed by atoms with Crippen molar-refractivity contribution in [2.75, 3.05) is 6.61 Å². The lowest BCUT2D eigenvalue weighted by Gasteiger charge is -2.04. The molecular weight excluding hydrogens is 286 g/mol. The molecule has 17 heavy (non-hydrogen) atoms. The lowest BCUT2D eigenvalue weighted by molar-refractivity contribution is 0.0528. The van der Waals surface area contributed by atoms with Crippen LogP contribution in [0.25, 0.3) is 11.0 Å². The first-order valence-electron chi connectivity index (χ1n) is 5.38. The van der Waals surface area contributed by atoms with Crippen LogP contribution in [0.15, 0.2) is 10.7 Å². The van der Waals surface area contributed by atoms with Crippen LogP contribution in [0.2, 0.25) is 0 Å². The molecule has 2 rings (SSSR count). The molecular formula is C11H12BrN3O2. The van der Waals surface area contributed by atoms with Crippen LogP contribution in [0.5, 0.6) is 0 Å². The summed E-state index contributed by atoms with van der Waals surface area (Å²) < 4.78 is 5.61. The molecule has 0 aliphatic carbocycles. The summed E-state index contributed by atoms with van der Waals surface area (Å²) in [4.78, 5) is 16.1. The molecule has 2 heterocycles. The maximum atomic E-state index is 11.9. The molecule has 0 radical (unpaired) electrons. The highest BCUT2D eigenvalue weighted by molar-refractivity contribution is 9.10. The zero-order valence-electron chi connectivity index (χ0n) is 9.58. The Hall–Kier alpha value is -1.43. The number of pyridine rings is 1. The SMILES string of the molecule is CCOC(=O)c1cc(Br)nc2[nH]nc(CC)c12. The van der Waals surface area contributed by atoms with Crippen LogP contribution in [-0.4, -0.2) is 27.8 Å². The minimum atomic E-state index is -0.350. The first-order chi connectivity index (χ1) is 8.17. The Morgan fingerprint density at radius 1 is 1.53 bits per heavy atom. The van der Waals surface area contributed by atoms with E-state index in [1.807, 2.05) is 6.92 Å². The standard InChI is InChI=1S/C11H12BrN3O2/c1-3-7-9-6(11(16)17-4-2)5-8(12)13-10(9)15-14-7/h5H,3-4H2,1-2H3,(H,13,14,15). The van der Waals surface area contributed by atoms with Gasteiger partial charge in [-0.05, 0) is 35.3 Å². The van der Waals surface area contributed by atoms with Gasteiger partial charge in [0.1, 0.15) is 4.60 Å². The number of carbonyl (C=O) groups is 1. The Bertz CT molecular complexity index is 565. The van der Waals surface area contributed by atoms with Crippen LogP contribution < -0.4 is 0 Å². The Morgan fingerprint density at radius 2 is 2.29 bits per heavy atom. The number of carbonyl (C=O) groups excluding carboxylic acids is 1. The molecule has 0 amide bonds. The Labute approximate surface area is 107 Å². The second-order valence-electron chi connectivity index (χ2n) is 3.46. The Balaban J connectivity index is 2.66. The number of nitrogens with zero attached hydrogens (tertiary/aromatic N) is 2. The first-order valence-corrected chi connectivity index (χ1v) is 6.17. The molecule has 0 saturated carbocycles. The molecule has 0 aliphatic rings. The van der Waals surface area contributed by atoms with Crippen LogP contribution in [0, 0.1) is 0 Å². The number of H-pyrrole nitrogens is 1. The quantitative estimate of drug-likeness (QED) is 0.698. The molecule has 0 bridgehead atoms. The van der Waals surface area contributed by atoms with Crippen LogP contribution >= 0.6 is 15.9 Å². The van der Waals surface area contributed by atoms with Gasteiger partial charge in [-0.1, -0.05) is 6.92 Å². The van der Waals surface area contributed by atoms with E-state index in [1.54, 1.807) is 13.0 Å². The van der Waals surface area contributed by atoms with Gasteiger partial charge in [-0.3, -0.25) is 5.10 Å². The normalized spacial score (nSPS) is 10.8. The van der Waals surface area contributed by atoms with Crippen LogP contribution in [0.3, 0.4) is 0 Å². The summed E-state index contributed by atoms with van der Waals surface area (Å²) in [5.41, 5.74) is 1.91. The fraction of sp³-hybridized carbons (Fsp3) is 0.364. The molecule has 6 heteroatoms. The first kappa shape index (κ1) is 12.0. The second-order valence-corrected chi connectivity index (χ2v) is 4.27. The molecule has 0 fully saturated rings. The number of aryl methyl sites for hydroxylation is 1. The van der Waals surface area contributed by atoms with Crippen molar-refractivity contribution in [1.29, 1.82) is 0 Å². The van der Waals surface area contributed by atoms with Gasteiger partial charge in [0.25, 0.3) is 0 Å². The van der Waals surface area contributed by atoms with Crippen molar-refractivity contribution in [1.82, 2.24) is 15.2 Å². The molecule has 0 saturated heterocycles. The smallest absolute Gasteiger partial charge is 0.339 e. The zero-order valence-corrected chi connectivity index (χ0v) is 11.2. The number of esters is 1. The highest BCUT2D eigenvalue weighted by Crippen LogP contribution is 2.23. The molecule has 0 aliphatic heterocycles. The van der Waals surface area contributed by atoms with E-state index in [2.05, 4.69) is 31.1 Å². The summed E-state index contributed by atoms with van der Waals surface area (Å²) >= 11 is 3.27. The van der Waals surface area contributed by atoms with Crippen molar-refractivity contribution in [2.45, 2.75) is 20.3 Å². The third-order valence-electron chi connectivity index (χ3n) is 2.40. The van der Waals surface area contributed by atoms with Gasteiger partial charge in [-0.15, -0.1) is 0 Å². The number of aromatic nitrogens is 3. The average molecular weight is 298 g/mol. The number of ether oxygens (including phenoxy) is 1. The summed E-state index contributed by atoms with van der Waals surface area (Å²) in [7, 11) is 0. The topological polar surface area (TPSA) is 67.9 Å². The predicted octanol–water partition coefficient (Wildman–Crippen LogP) is 2.46. The third-order valence-corrected chi connectivity index (χ3v) is 2.81. The lowest BCUT2D eigenvalue weighted by atomic mass is 10.1. The monoisotopic (exact) mass is 297 g/mol. The fourth-order valence-electron chi connectivity index (χ4n) is 1.69. The number of hydrogen-bond donors (Lipinski definition) is 1. The van der Waals surface area contributed by atoms with E-state index >= 15 is 0 Å². The van der Waals surface area contributed by atoms with Gasteiger partial charge in [0.2, 0.25) is 0 Å². The Morgan fingerprint density at radius 3 is 2.94 bits per heavy atom. The molecule has 0 atom stereocenters. The summed E-state index contributed by atoms with van der Waals surface area (Å²) in [5.74, 6) is -0.350. The van der Waals surface area contributed by atoms with E-state index < -0.39 is 0 Å². The molecule has 1 N–H and O–H groups in total. The molecule has 0 aromatic carbocycles. The highest BCUT2D eigenvalue weighted by atomic mass is 79.9. The maximum absolute atomic E-state index is 11.9. The van der Waals surface area contributed by atoms with Crippen molar-refractivity contribution >= 4 is 32.9 Å². The second kappa shape index (κ2) is 4.83. The van der Waals surface area contributed by atoms with Crippen LogP contribution in [-0.2, 0) is 11.2 Å². The average Bonchev–Trinajstić information content (AvgIpc) is 2.70. The highest BCUT2D eigenvalue weighted by Gasteiger charge is 2.18. The number of hydrogen-bond acceptors (Lipinski definition) is 4. The molecule has 0 unspecified atom stereocenters. The predicted molar refractivity (Wildman–Crippen MR) is 66.9 cm³/mol. The molecule has 0 spiro atoms. The van der Waals surface area contributed by atoms with Crippen LogP contribution in [0.1, 0.15) is 29.9 Å². The van der Waals surface area contributed by atoms with Crippen molar-refractivity contribution < 1.29 is 9.53 Å². The molecule has 90 valence electrons. The fourth-order valence-corrected chi connectivity index (χ4v) is 2.10. The Kier molecular flexibility index (Phi) is 3.42. The van der Waals surface area contributed by atoms with E-state index in [0.29, 0.717) is 22.4 Å². The van der Waals surface area contributed by atoms with Gasteiger partial charge in [-0.25, -0.2) is 9.78 Å². The number of aromatic amines is 1. The molecule has 2 aromatic heterocycles. The third kappa shape index (κ3) is 2.17. The van der Waals surface area contributed by atoms with Crippen molar-refractivity contribution in [3.63, 3.8) is 0 Å². The summed E-state index contributed by atoms with van der Waals surface area (Å²) in [6.07, 6.45) is 0.732. The van der Waals surface area contributed by atoms with Gasteiger partial charge >= 0.3 is 5.97 Å². The van der Waals surface area contributed by atoms with E-state index in [1.165, 1.54) is 0 Å². The van der Waals surface area contributed by atoms with Crippen molar-refractivity contribution in [3.05, 3.63) is 21.9 Å². The van der Waals surface area contributed by atoms with Gasteiger partial charge < -0.3 is 4.74 Å². The number of fused-ring (bicyclic) bond motifs is 1. The molecule has 5 nitrogen and oxygen atoms in total. The van der Waals surface area contributed by atoms with Gasteiger partial charge in [0.05, 0.1) is 23.3 Å². The largest absolute Gasteiger partial charge is 0.462 e. The lowest BCUT2D eigenvalue weighted by Crippen LogP contribution is -2.06. The molecule has 2 aromatic rings. The summed E-state index contributed by atoms with van der Waals surface area (Å²) in [6, 6.07) is 1.66. The van der Waals surface area contributed by atoms with Gasteiger partial charge in [-0.2, -0.15) is 5.10 Å². The van der Waals surface area contributed by atoms with Crippen molar-refractivity contribution in [2.24, 2.45) is 0 Å². The van der Waals surface area contributed by atoms with Crippen LogP contribution in [0.4, 0.5) is 0 Å². The summed E-state index contributed by atoms with van der Waals surface area (Å²) in [6.45, 7) is 4.10. The van der Waals surface area contributed by atoms with E-state index in [0.717, 1.165) is 17.5 Å².